The molecule has 2 N–H and O–H groups in total. The Morgan fingerprint density at radius 2 is 1.96 bits per heavy atom. The second-order valence-electron chi connectivity index (χ2n) is 6.08. The van der Waals surface area contributed by atoms with E-state index in [1.165, 1.54) is 5.56 Å². The minimum absolute atomic E-state index is 0.288. The van der Waals surface area contributed by atoms with Gasteiger partial charge in [0.05, 0.1) is 0 Å². The highest BCUT2D eigenvalue weighted by atomic mass is 16.5. The van der Waals surface area contributed by atoms with Gasteiger partial charge in [0.1, 0.15) is 11.5 Å². The molecule has 2 aromatic carbocycles. The van der Waals surface area contributed by atoms with Gasteiger partial charge < -0.3 is 15.2 Å². The molecule has 0 saturated heterocycles. The van der Waals surface area contributed by atoms with Gasteiger partial charge in [0.15, 0.2) is 6.40 Å². The van der Waals surface area contributed by atoms with Crippen molar-refractivity contribution in [3.63, 3.8) is 0 Å². The van der Waals surface area contributed by atoms with Crippen LogP contribution in [0.2, 0.25) is 0 Å². The number of rotatable bonds is 10. The number of phenolic OH excluding ortho intramolecular Hbond substituents is 1. The third-order valence-corrected chi connectivity index (χ3v) is 4.03. The molecular weight excluding hydrogens is 324 g/mol. The lowest BCUT2D eigenvalue weighted by Crippen LogP contribution is -1.98. The number of aliphatic imine (C=N–C) groups is 1. The van der Waals surface area contributed by atoms with E-state index in [9.17, 15) is 5.11 Å². The van der Waals surface area contributed by atoms with Crippen LogP contribution in [0.5, 0.6) is 11.5 Å². The second kappa shape index (κ2) is 11.0. The van der Waals surface area contributed by atoms with Gasteiger partial charge in [-0.05, 0) is 60.7 Å². The highest BCUT2D eigenvalue weighted by molar-refractivity contribution is 5.58. The first kappa shape index (κ1) is 19.6. The average Bonchev–Trinajstić information content (AvgIpc) is 2.66. The molecule has 0 aliphatic heterocycles. The van der Waals surface area contributed by atoms with Crippen LogP contribution in [0.3, 0.4) is 0 Å². The number of allylic oxidation sites excluding steroid dienone is 1. The molecule has 0 spiro atoms. The van der Waals surface area contributed by atoms with Crippen molar-refractivity contribution in [2.45, 2.75) is 32.6 Å². The summed E-state index contributed by atoms with van der Waals surface area (Å²) >= 11 is 0. The summed E-state index contributed by atoms with van der Waals surface area (Å²) in [5, 5.41) is 12.5. The van der Waals surface area contributed by atoms with Crippen LogP contribution in [0.15, 0.2) is 53.5 Å². The summed E-state index contributed by atoms with van der Waals surface area (Å²) in [7, 11) is 1.93. The Balaban J connectivity index is 1.92. The van der Waals surface area contributed by atoms with E-state index < -0.39 is 0 Å². The Hall–Kier alpha value is -2.75. The molecule has 0 saturated carbocycles. The molecule has 4 heteroatoms. The summed E-state index contributed by atoms with van der Waals surface area (Å²) in [4.78, 5) is 4.25. The topological polar surface area (TPSA) is 53.8 Å². The molecule has 138 valence electrons. The molecule has 2 rings (SSSR count). The number of hydrogen-bond acceptors (Lipinski definition) is 4. The van der Waals surface area contributed by atoms with E-state index in [2.05, 4.69) is 35.5 Å². The Morgan fingerprint density at radius 1 is 1.15 bits per heavy atom. The van der Waals surface area contributed by atoms with Gasteiger partial charge in [-0.2, -0.15) is 0 Å². The Labute approximate surface area is 156 Å². The van der Waals surface area contributed by atoms with Crippen molar-refractivity contribution in [2.75, 3.05) is 18.9 Å². The van der Waals surface area contributed by atoms with Crippen LogP contribution < -0.4 is 10.1 Å². The van der Waals surface area contributed by atoms with Crippen molar-refractivity contribution in [3.8, 4) is 11.5 Å². The first-order chi connectivity index (χ1) is 12.7. The lowest BCUT2D eigenvalue weighted by molar-refractivity contribution is 0.475. The maximum absolute atomic E-state index is 9.31. The van der Waals surface area contributed by atoms with Gasteiger partial charge in [0.25, 0.3) is 0 Å². The lowest BCUT2D eigenvalue weighted by Gasteiger charge is -2.10. The second-order valence-corrected chi connectivity index (χ2v) is 6.08. The molecule has 0 radical (unpaired) electrons. The number of nitrogens with one attached hydrogen (secondary N) is 1. The summed E-state index contributed by atoms with van der Waals surface area (Å²) < 4.78 is 5.62. The van der Waals surface area contributed by atoms with Crippen molar-refractivity contribution in [2.24, 2.45) is 4.99 Å². The normalized spacial score (nSPS) is 11.3. The lowest BCUT2D eigenvalue weighted by atomic mass is 10.1. The summed E-state index contributed by atoms with van der Waals surface area (Å²) in [5.41, 5.74) is 3.40. The smallest absolute Gasteiger partial charge is 0.176 e. The van der Waals surface area contributed by atoms with E-state index in [4.69, 9.17) is 4.74 Å². The standard InChI is InChI=1S/C22H28N2O2/c1-3-4-15-24-17-26-21-13-14-22(23-2)19(16-21)8-6-5-7-18-9-11-20(25)12-10-18/h5,7,9-14,16-17,23,25H,3-4,6,8,15H2,1-2H3. The van der Waals surface area contributed by atoms with Gasteiger partial charge in [0, 0.05) is 19.3 Å². The predicted molar refractivity (Wildman–Crippen MR) is 110 cm³/mol. The van der Waals surface area contributed by atoms with Crippen molar-refractivity contribution >= 4 is 18.2 Å². The molecule has 2 aromatic rings. The molecular formula is C22H28N2O2. The third-order valence-electron chi connectivity index (χ3n) is 4.03. The molecule has 0 atom stereocenters. The van der Waals surface area contributed by atoms with Gasteiger partial charge in [-0.1, -0.05) is 37.6 Å². The first-order valence-corrected chi connectivity index (χ1v) is 9.14. The first-order valence-electron chi connectivity index (χ1n) is 9.14. The number of aromatic hydroxyl groups is 1. The van der Waals surface area contributed by atoms with E-state index in [0.717, 1.165) is 49.2 Å². The highest BCUT2D eigenvalue weighted by Gasteiger charge is 2.03. The molecule has 0 heterocycles. The molecule has 0 aliphatic rings. The summed E-state index contributed by atoms with van der Waals surface area (Å²) in [6, 6.07) is 13.2. The monoisotopic (exact) mass is 352 g/mol. The van der Waals surface area contributed by atoms with Gasteiger partial charge >= 0.3 is 0 Å². The molecule has 0 bridgehead atoms. The van der Waals surface area contributed by atoms with Crippen LogP contribution in [0.1, 0.15) is 37.3 Å². The average molecular weight is 352 g/mol. The number of nitrogens with zero attached hydrogens (tertiary/aromatic N) is 1. The summed E-state index contributed by atoms with van der Waals surface area (Å²) in [6.45, 7) is 2.95. The minimum Gasteiger partial charge on any atom is -0.508 e. The maximum Gasteiger partial charge on any atom is 0.176 e. The zero-order valence-electron chi connectivity index (χ0n) is 15.6. The molecule has 4 nitrogen and oxygen atoms in total. The Bertz CT molecular complexity index is 721. The molecule has 0 aromatic heterocycles. The predicted octanol–water partition coefficient (Wildman–Crippen LogP) is 5.29. The molecule has 0 unspecified atom stereocenters. The Kier molecular flexibility index (Phi) is 8.27. The molecule has 26 heavy (non-hydrogen) atoms. The number of aryl methyl sites for hydroxylation is 1. The van der Waals surface area contributed by atoms with Gasteiger partial charge in [-0.25, -0.2) is 0 Å². The van der Waals surface area contributed by atoms with Crippen LogP contribution in [0, 0.1) is 0 Å². The third kappa shape index (κ3) is 6.63. The quantitative estimate of drug-likeness (QED) is 0.347. The Morgan fingerprint density at radius 3 is 2.69 bits per heavy atom. The van der Waals surface area contributed by atoms with Crippen molar-refractivity contribution < 1.29 is 9.84 Å². The zero-order valence-corrected chi connectivity index (χ0v) is 15.6. The van der Waals surface area contributed by atoms with E-state index in [-0.39, 0.29) is 5.75 Å². The zero-order chi connectivity index (χ0) is 18.6. The van der Waals surface area contributed by atoms with Crippen LogP contribution in [0.25, 0.3) is 6.08 Å². The van der Waals surface area contributed by atoms with Crippen LogP contribution >= 0.6 is 0 Å². The van der Waals surface area contributed by atoms with Crippen LogP contribution in [-0.2, 0) is 6.42 Å². The number of ether oxygens (including phenoxy) is 1. The number of unbranched alkanes of at least 4 members (excludes halogenated alkanes) is 1. The fraction of sp³-hybridized carbons (Fsp3) is 0.318. The van der Waals surface area contributed by atoms with Gasteiger partial charge in [0.2, 0.25) is 0 Å². The highest BCUT2D eigenvalue weighted by Crippen LogP contribution is 2.23. The SMILES string of the molecule is CCCCN=COc1ccc(NC)c(CCC=Cc2ccc(O)cc2)c1. The molecule has 0 fully saturated rings. The summed E-state index contributed by atoms with van der Waals surface area (Å²) in [6.07, 6.45) is 9.80. The van der Waals surface area contributed by atoms with E-state index in [0.29, 0.717) is 0 Å². The van der Waals surface area contributed by atoms with E-state index >= 15 is 0 Å². The van der Waals surface area contributed by atoms with Crippen molar-refractivity contribution in [3.05, 3.63) is 59.7 Å². The molecule has 0 amide bonds. The van der Waals surface area contributed by atoms with Crippen LogP contribution in [0.4, 0.5) is 5.69 Å². The van der Waals surface area contributed by atoms with E-state index in [1.807, 2.05) is 31.3 Å². The van der Waals surface area contributed by atoms with Crippen molar-refractivity contribution in [1.82, 2.24) is 0 Å². The fourth-order valence-electron chi connectivity index (χ4n) is 2.54. The largest absolute Gasteiger partial charge is 0.508 e. The minimum atomic E-state index is 0.288. The van der Waals surface area contributed by atoms with E-state index in [1.54, 1.807) is 18.5 Å². The maximum atomic E-state index is 9.31. The molecule has 0 aliphatic carbocycles. The number of benzene rings is 2. The van der Waals surface area contributed by atoms with Gasteiger partial charge in [-0.15, -0.1) is 0 Å². The van der Waals surface area contributed by atoms with Crippen LogP contribution in [-0.4, -0.2) is 25.1 Å². The number of phenols is 1. The number of anilines is 1. The number of hydrogen-bond donors (Lipinski definition) is 2. The van der Waals surface area contributed by atoms with Crippen molar-refractivity contribution in [1.29, 1.82) is 0 Å². The van der Waals surface area contributed by atoms with Gasteiger partial charge in [-0.3, -0.25) is 4.99 Å². The summed E-state index contributed by atoms with van der Waals surface area (Å²) in [5.74, 6) is 1.10. The fourth-order valence-corrected chi connectivity index (χ4v) is 2.54.